The fourth-order valence-electron chi connectivity index (χ4n) is 2.47. The minimum absolute atomic E-state index is 0. The molecule has 9 heteroatoms. The predicted octanol–water partition coefficient (Wildman–Crippen LogP) is 1.12. The van der Waals surface area contributed by atoms with E-state index in [4.69, 9.17) is 4.52 Å². The molecule has 1 aromatic rings. The van der Waals surface area contributed by atoms with Crippen LogP contribution >= 0.6 is 24.8 Å². The van der Waals surface area contributed by atoms with Crippen molar-refractivity contribution in [3.05, 3.63) is 11.7 Å². The summed E-state index contributed by atoms with van der Waals surface area (Å²) in [4.78, 5) is 20.4. The first-order chi connectivity index (χ1) is 10.2. The van der Waals surface area contributed by atoms with Crippen LogP contribution in [0.5, 0.6) is 0 Å². The largest absolute Gasteiger partial charge is 0.343 e. The van der Waals surface area contributed by atoms with Crippen molar-refractivity contribution >= 4 is 30.7 Å². The van der Waals surface area contributed by atoms with Gasteiger partial charge in [0.1, 0.15) is 0 Å². The van der Waals surface area contributed by atoms with Crippen molar-refractivity contribution < 1.29 is 9.32 Å². The molecular formula is C14H27Cl2N5O2. The van der Waals surface area contributed by atoms with Gasteiger partial charge in [0.2, 0.25) is 11.8 Å². The van der Waals surface area contributed by atoms with Gasteiger partial charge in [-0.15, -0.1) is 24.8 Å². The maximum Gasteiger partial charge on any atom is 0.227 e. The second-order valence-electron chi connectivity index (χ2n) is 5.20. The molecule has 1 amide bonds. The van der Waals surface area contributed by atoms with Crippen LogP contribution < -0.4 is 5.32 Å². The van der Waals surface area contributed by atoms with Gasteiger partial charge in [-0.2, -0.15) is 4.98 Å². The lowest BCUT2D eigenvalue weighted by molar-refractivity contribution is -0.130. The van der Waals surface area contributed by atoms with Crippen LogP contribution in [-0.4, -0.2) is 65.1 Å². The van der Waals surface area contributed by atoms with E-state index < -0.39 is 0 Å². The molecule has 0 spiro atoms. The van der Waals surface area contributed by atoms with Crippen molar-refractivity contribution in [2.24, 2.45) is 0 Å². The van der Waals surface area contributed by atoms with E-state index in [9.17, 15) is 4.79 Å². The van der Waals surface area contributed by atoms with Crippen LogP contribution in [0.4, 0.5) is 0 Å². The molecule has 7 nitrogen and oxygen atoms in total. The van der Waals surface area contributed by atoms with Gasteiger partial charge >= 0.3 is 0 Å². The van der Waals surface area contributed by atoms with Gasteiger partial charge in [0.15, 0.2) is 5.82 Å². The summed E-state index contributed by atoms with van der Waals surface area (Å²) in [6.45, 7) is 10.2. The molecule has 0 aromatic carbocycles. The van der Waals surface area contributed by atoms with Gasteiger partial charge in [-0.05, 0) is 13.8 Å². The molecule has 0 radical (unpaired) electrons. The SMILES string of the molecule is CCN(CC)C(=O)CCc1nc(CN2CCNCC2)no1.Cl.Cl. The van der Waals surface area contributed by atoms with Gasteiger partial charge in [-0.3, -0.25) is 9.69 Å². The minimum Gasteiger partial charge on any atom is -0.343 e. The highest BCUT2D eigenvalue weighted by Crippen LogP contribution is 2.06. The summed E-state index contributed by atoms with van der Waals surface area (Å²) < 4.78 is 5.23. The lowest BCUT2D eigenvalue weighted by Crippen LogP contribution is -2.43. The summed E-state index contributed by atoms with van der Waals surface area (Å²) in [5, 5.41) is 7.31. The lowest BCUT2D eigenvalue weighted by atomic mass is 10.2. The highest BCUT2D eigenvalue weighted by atomic mass is 35.5. The maximum atomic E-state index is 11.9. The summed E-state index contributed by atoms with van der Waals surface area (Å²) in [6, 6.07) is 0. The summed E-state index contributed by atoms with van der Waals surface area (Å²) in [5.74, 6) is 1.41. The number of halogens is 2. The standard InChI is InChI=1S/C14H25N5O2.2ClH/c1-3-19(4-2)14(20)6-5-13-16-12(17-21-13)11-18-9-7-15-8-10-18;;/h15H,3-11H2,1-2H3;2*1H. The molecule has 1 aliphatic heterocycles. The number of nitrogens with zero attached hydrogens (tertiary/aromatic N) is 4. The molecule has 23 heavy (non-hydrogen) atoms. The van der Waals surface area contributed by atoms with E-state index in [1.54, 1.807) is 0 Å². The van der Waals surface area contributed by atoms with Crippen molar-refractivity contribution in [1.82, 2.24) is 25.3 Å². The second-order valence-corrected chi connectivity index (χ2v) is 5.20. The number of carbonyl (C=O) groups excluding carboxylic acids is 1. The number of aryl methyl sites for hydroxylation is 1. The number of aromatic nitrogens is 2. The quantitative estimate of drug-likeness (QED) is 0.778. The van der Waals surface area contributed by atoms with Gasteiger partial charge < -0.3 is 14.7 Å². The average molecular weight is 368 g/mol. The van der Waals surface area contributed by atoms with Crippen molar-refractivity contribution in [3.8, 4) is 0 Å². The monoisotopic (exact) mass is 367 g/mol. The summed E-state index contributed by atoms with van der Waals surface area (Å²) >= 11 is 0. The minimum atomic E-state index is 0. The Hall–Kier alpha value is -0.890. The summed E-state index contributed by atoms with van der Waals surface area (Å²) in [7, 11) is 0. The van der Waals surface area contributed by atoms with Crippen molar-refractivity contribution in [1.29, 1.82) is 0 Å². The van der Waals surface area contributed by atoms with E-state index in [-0.39, 0.29) is 30.7 Å². The Morgan fingerprint density at radius 1 is 1.26 bits per heavy atom. The fraction of sp³-hybridized carbons (Fsp3) is 0.786. The first-order valence-electron chi connectivity index (χ1n) is 7.75. The summed E-state index contributed by atoms with van der Waals surface area (Å²) in [5.41, 5.74) is 0. The van der Waals surface area contributed by atoms with Crippen LogP contribution in [0.3, 0.4) is 0 Å². The molecule has 1 fully saturated rings. The van der Waals surface area contributed by atoms with Crippen LogP contribution in [-0.2, 0) is 17.8 Å². The zero-order valence-corrected chi connectivity index (χ0v) is 15.4. The zero-order chi connectivity index (χ0) is 15.1. The molecule has 1 aromatic heterocycles. The third-order valence-electron chi connectivity index (χ3n) is 3.75. The number of nitrogens with one attached hydrogen (secondary N) is 1. The second kappa shape index (κ2) is 11.6. The maximum absolute atomic E-state index is 11.9. The van der Waals surface area contributed by atoms with Gasteiger partial charge in [0.05, 0.1) is 6.54 Å². The molecule has 134 valence electrons. The molecule has 0 atom stereocenters. The Balaban J connectivity index is 0.00000242. The van der Waals surface area contributed by atoms with E-state index in [0.29, 0.717) is 24.6 Å². The van der Waals surface area contributed by atoms with Crippen molar-refractivity contribution in [2.45, 2.75) is 33.2 Å². The molecule has 0 saturated carbocycles. The van der Waals surface area contributed by atoms with Crippen LogP contribution in [0, 0.1) is 0 Å². The van der Waals surface area contributed by atoms with E-state index in [1.165, 1.54) is 0 Å². The number of amides is 1. The van der Waals surface area contributed by atoms with Crippen molar-refractivity contribution in [2.75, 3.05) is 39.3 Å². The number of piperazine rings is 1. The molecule has 2 rings (SSSR count). The van der Waals surface area contributed by atoms with E-state index in [1.807, 2.05) is 18.7 Å². The Morgan fingerprint density at radius 2 is 1.91 bits per heavy atom. The van der Waals surface area contributed by atoms with Crippen LogP contribution in [0.25, 0.3) is 0 Å². The van der Waals surface area contributed by atoms with E-state index in [0.717, 1.165) is 45.8 Å². The fourth-order valence-corrected chi connectivity index (χ4v) is 2.47. The van der Waals surface area contributed by atoms with E-state index in [2.05, 4.69) is 20.4 Å². The Morgan fingerprint density at radius 3 is 2.52 bits per heavy atom. The first kappa shape index (κ1) is 22.1. The lowest BCUT2D eigenvalue weighted by Gasteiger charge is -2.25. The number of hydrogen-bond acceptors (Lipinski definition) is 6. The molecule has 0 unspecified atom stereocenters. The topological polar surface area (TPSA) is 74.5 Å². The smallest absolute Gasteiger partial charge is 0.227 e. The molecule has 1 aliphatic rings. The Labute approximate surface area is 150 Å². The molecule has 0 bridgehead atoms. The molecule has 0 aliphatic carbocycles. The van der Waals surface area contributed by atoms with Crippen LogP contribution in [0.1, 0.15) is 32.0 Å². The highest BCUT2D eigenvalue weighted by Gasteiger charge is 2.15. The Bertz CT molecular complexity index is 448. The normalized spacial score (nSPS) is 14.7. The molecule has 1 N–H and O–H groups in total. The molecule has 2 heterocycles. The first-order valence-corrected chi connectivity index (χ1v) is 7.75. The van der Waals surface area contributed by atoms with Crippen LogP contribution in [0.2, 0.25) is 0 Å². The third-order valence-corrected chi connectivity index (χ3v) is 3.75. The predicted molar refractivity (Wildman–Crippen MR) is 93.2 cm³/mol. The van der Waals surface area contributed by atoms with E-state index >= 15 is 0 Å². The number of carbonyl (C=O) groups is 1. The van der Waals surface area contributed by atoms with Gasteiger partial charge in [-0.1, -0.05) is 5.16 Å². The number of hydrogen-bond donors (Lipinski definition) is 1. The highest BCUT2D eigenvalue weighted by molar-refractivity contribution is 5.85. The van der Waals surface area contributed by atoms with Gasteiger partial charge in [0.25, 0.3) is 0 Å². The molecular weight excluding hydrogens is 341 g/mol. The van der Waals surface area contributed by atoms with Gasteiger partial charge in [0, 0.05) is 52.1 Å². The third kappa shape index (κ3) is 7.03. The van der Waals surface area contributed by atoms with Gasteiger partial charge in [-0.25, -0.2) is 0 Å². The van der Waals surface area contributed by atoms with Crippen LogP contribution in [0.15, 0.2) is 4.52 Å². The average Bonchev–Trinajstić information content (AvgIpc) is 2.95. The zero-order valence-electron chi connectivity index (χ0n) is 13.8. The summed E-state index contributed by atoms with van der Waals surface area (Å²) in [6.07, 6.45) is 0.945. The number of rotatable bonds is 7. The molecule has 1 saturated heterocycles. The Kier molecular flexibility index (Phi) is 11.2. The van der Waals surface area contributed by atoms with Crippen molar-refractivity contribution in [3.63, 3.8) is 0 Å².